The van der Waals surface area contributed by atoms with E-state index >= 15 is 0 Å². The molecule has 1 aliphatic rings. The highest BCUT2D eigenvalue weighted by atomic mass is 16.7. The zero-order chi connectivity index (χ0) is 19.9. The average Bonchev–Trinajstić information content (AvgIpc) is 3.24. The maximum absolute atomic E-state index is 11.0. The highest BCUT2D eigenvalue weighted by Crippen LogP contribution is 2.38. The van der Waals surface area contributed by atoms with Gasteiger partial charge in [-0.1, -0.05) is 12.1 Å². The van der Waals surface area contributed by atoms with E-state index in [4.69, 9.17) is 28.8 Å². The fraction of sp³-hybridized carbons (Fsp3) is 0.286. The maximum Gasteiger partial charge on any atom is 0.328 e. The van der Waals surface area contributed by atoms with Gasteiger partial charge in [-0.2, -0.15) is 0 Å². The molecule has 0 spiro atoms. The lowest BCUT2D eigenvalue weighted by atomic mass is 10.0. The first-order valence-corrected chi connectivity index (χ1v) is 8.72. The van der Waals surface area contributed by atoms with E-state index < -0.39 is 12.3 Å². The lowest BCUT2D eigenvalue weighted by Crippen LogP contribution is -2.07. The zero-order valence-corrected chi connectivity index (χ0v) is 15.7. The molecule has 0 atom stereocenters. The molecule has 2 aromatic rings. The summed E-state index contributed by atoms with van der Waals surface area (Å²) in [6, 6.07) is 11.0. The molecular weight excluding hydrogens is 364 g/mol. The second kappa shape index (κ2) is 9.25. The van der Waals surface area contributed by atoms with Crippen LogP contribution >= 0.6 is 0 Å². The van der Waals surface area contributed by atoms with Gasteiger partial charge in [0.05, 0.1) is 33.0 Å². The first-order valence-electron chi connectivity index (χ1n) is 8.72. The van der Waals surface area contributed by atoms with Crippen LogP contribution in [0.2, 0.25) is 0 Å². The molecule has 1 fully saturated rings. The van der Waals surface area contributed by atoms with Gasteiger partial charge in [0.15, 0.2) is 6.29 Å². The molecule has 1 N–H and O–H groups in total. The summed E-state index contributed by atoms with van der Waals surface area (Å²) in [5.74, 6) is 0.756. The summed E-state index contributed by atoms with van der Waals surface area (Å²) in [4.78, 5) is 11.0. The predicted molar refractivity (Wildman–Crippen MR) is 102 cm³/mol. The van der Waals surface area contributed by atoms with Crippen LogP contribution in [0.25, 0.3) is 6.08 Å². The molecule has 2 aromatic carbocycles. The van der Waals surface area contributed by atoms with Crippen LogP contribution in [0.5, 0.6) is 17.2 Å². The van der Waals surface area contributed by atoms with Crippen LogP contribution in [0.15, 0.2) is 42.5 Å². The molecule has 0 aliphatic carbocycles. The number of carboxylic acids is 1. The molecule has 1 heterocycles. The van der Waals surface area contributed by atoms with Gasteiger partial charge < -0.3 is 28.8 Å². The summed E-state index contributed by atoms with van der Waals surface area (Å²) in [6.45, 7) is 1.21. The molecule has 0 amide bonds. The largest absolute Gasteiger partial charge is 0.497 e. The molecule has 28 heavy (non-hydrogen) atoms. The third-order valence-corrected chi connectivity index (χ3v) is 4.20. The molecule has 7 nitrogen and oxygen atoms in total. The predicted octanol–water partition coefficient (Wildman–Crippen LogP) is 3.43. The summed E-state index contributed by atoms with van der Waals surface area (Å²) < 4.78 is 27.8. The Kier molecular flexibility index (Phi) is 6.52. The second-order valence-electron chi connectivity index (χ2n) is 6.01. The Bertz CT molecular complexity index is 837. The van der Waals surface area contributed by atoms with Crippen LogP contribution in [0.4, 0.5) is 0 Å². The van der Waals surface area contributed by atoms with Gasteiger partial charge in [-0.3, -0.25) is 0 Å². The van der Waals surface area contributed by atoms with Crippen LogP contribution in [0, 0.1) is 0 Å². The Morgan fingerprint density at radius 3 is 2.39 bits per heavy atom. The molecule has 7 heteroatoms. The van der Waals surface area contributed by atoms with Crippen molar-refractivity contribution >= 4 is 12.0 Å². The number of ether oxygens (including phenoxy) is 5. The van der Waals surface area contributed by atoms with E-state index in [2.05, 4.69) is 0 Å². The van der Waals surface area contributed by atoms with Gasteiger partial charge >= 0.3 is 5.97 Å². The van der Waals surface area contributed by atoms with Gasteiger partial charge in [0.25, 0.3) is 0 Å². The van der Waals surface area contributed by atoms with E-state index in [0.29, 0.717) is 42.4 Å². The molecule has 0 saturated carbocycles. The molecule has 148 valence electrons. The highest BCUT2D eigenvalue weighted by molar-refractivity contribution is 5.86. The number of carboxylic acid groups (broad SMARTS) is 1. The minimum atomic E-state index is -1.05. The van der Waals surface area contributed by atoms with E-state index in [9.17, 15) is 4.79 Å². The number of rotatable bonds is 8. The third kappa shape index (κ3) is 4.82. The summed E-state index contributed by atoms with van der Waals surface area (Å²) >= 11 is 0. The summed E-state index contributed by atoms with van der Waals surface area (Å²) in [5.41, 5.74) is 2.17. The zero-order valence-electron chi connectivity index (χ0n) is 15.7. The van der Waals surface area contributed by atoms with Crippen molar-refractivity contribution in [3.8, 4) is 17.2 Å². The van der Waals surface area contributed by atoms with E-state index in [1.165, 1.54) is 13.2 Å². The van der Waals surface area contributed by atoms with Gasteiger partial charge in [0.1, 0.15) is 23.9 Å². The molecule has 1 saturated heterocycles. The maximum atomic E-state index is 11.0. The molecule has 0 bridgehead atoms. The fourth-order valence-electron chi connectivity index (χ4n) is 2.82. The number of aliphatic carboxylic acids is 1. The van der Waals surface area contributed by atoms with E-state index in [1.54, 1.807) is 19.2 Å². The summed E-state index contributed by atoms with van der Waals surface area (Å²) in [7, 11) is 3.15. The van der Waals surface area contributed by atoms with Crippen molar-refractivity contribution in [2.75, 3.05) is 27.4 Å². The van der Waals surface area contributed by atoms with Crippen LogP contribution in [-0.4, -0.2) is 38.5 Å². The van der Waals surface area contributed by atoms with Gasteiger partial charge in [-0.05, 0) is 35.4 Å². The number of hydrogen-bond acceptors (Lipinski definition) is 6. The van der Waals surface area contributed by atoms with Gasteiger partial charge in [0, 0.05) is 12.1 Å². The monoisotopic (exact) mass is 386 g/mol. The smallest absolute Gasteiger partial charge is 0.328 e. The Morgan fingerprint density at radius 2 is 1.79 bits per heavy atom. The van der Waals surface area contributed by atoms with Gasteiger partial charge in [0.2, 0.25) is 0 Å². The minimum absolute atomic E-state index is 0.305. The van der Waals surface area contributed by atoms with Gasteiger partial charge in [-0.15, -0.1) is 0 Å². The summed E-state index contributed by atoms with van der Waals surface area (Å²) in [5, 5.41) is 9.00. The Hall–Kier alpha value is -3.03. The lowest BCUT2D eigenvalue weighted by Gasteiger charge is -2.19. The van der Waals surface area contributed by atoms with Crippen LogP contribution in [-0.2, 0) is 20.9 Å². The first-order chi connectivity index (χ1) is 13.6. The van der Waals surface area contributed by atoms with Crippen molar-refractivity contribution in [2.24, 2.45) is 0 Å². The van der Waals surface area contributed by atoms with E-state index in [0.717, 1.165) is 17.4 Å². The topological polar surface area (TPSA) is 83.5 Å². The Labute approximate surface area is 163 Å². The fourth-order valence-corrected chi connectivity index (χ4v) is 2.82. The normalized spacial score (nSPS) is 14.4. The highest BCUT2D eigenvalue weighted by Gasteiger charge is 2.26. The Balaban J connectivity index is 1.94. The average molecular weight is 386 g/mol. The molecule has 0 unspecified atom stereocenters. The van der Waals surface area contributed by atoms with Crippen LogP contribution in [0.1, 0.15) is 23.0 Å². The van der Waals surface area contributed by atoms with Crippen molar-refractivity contribution in [1.82, 2.24) is 0 Å². The Morgan fingerprint density at radius 1 is 1.11 bits per heavy atom. The first kappa shape index (κ1) is 19.7. The standard InChI is InChI=1S/C21H22O7/c1-24-16-6-3-14(4-7-16)13-28-18-12-17(25-2)11-15(5-8-19(22)23)20(18)21-26-9-10-27-21/h3-8,11-12,21H,9-10,13H2,1-2H3,(H,22,23)/b8-5+. The van der Waals surface area contributed by atoms with Crippen molar-refractivity contribution in [1.29, 1.82) is 0 Å². The van der Waals surface area contributed by atoms with Crippen molar-refractivity contribution in [2.45, 2.75) is 12.9 Å². The van der Waals surface area contributed by atoms with E-state index in [-0.39, 0.29) is 0 Å². The van der Waals surface area contributed by atoms with Crippen molar-refractivity contribution in [3.05, 3.63) is 59.2 Å². The van der Waals surface area contributed by atoms with Crippen LogP contribution in [0.3, 0.4) is 0 Å². The minimum Gasteiger partial charge on any atom is -0.497 e. The lowest BCUT2D eigenvalue weighted by molar-refractivity contribution is -0.131. The van der Waals surface area contributed by atoms with E-state index in [1.807, 2.05) is 24.3 Å². The van der Waals surface area contributed by atoms with Gasteiger partial charge in [-0.25, -0.2) is 4.79 Å². The molecule has 0 aromatic heterocycles. The summed E-state index contributed by atoms with van der Waals surface area (Å²) in [6.07, 6.45) is 1.90. The molecule has 3 rings (SSSR count). The quantitative estimate of drug-likeness (QED) is 0.696. The van der Waals surface area contributed by atoms with Crippen molar-refractivity contribution < 1.29 is 33.6 Å². The third-order valence-electron chi connectivity index (χ3n) is 4.20. The molecule has 0 radical (unpaired) electrons. The molecule has 1 aliphatic heterocycles. The number of benzene rings is 2. The number of carbonyl (C=O) groups is 1. The van der Waals surface area contributed by atoms with Crippen molar-refractivity contribution in [3.63, 3.8) is 0 Å². The SMILES string of the molecule is COc1ccc(COc2cc(OC)cc(/C=C/C(=O)O)c2C2OCCO2)cc1. The van der Waals surface area contributed by atoms with Crippen LogP contribution < -0.4 is 14.2 Å². The number of methoxy groups -OCH3 is 2. The molecular formula is C21H22O7. The second-order valence-corrected chi connectivity index (χ2v) is 6.01. The number of hydrogen-bond donors (Lipinski definition) is 1.